The highest BCUT2D eigenvalue weighted by Gasteiger charge is 2.38. The fourth-order valence-electron chi connectivity index (χ4n) is 2.95. The Morgan fingerprint density at radius 2 is 2.04 bits per heavy atom. The van der Waals surface area contributed by atoms with Crippen LogP contribution in [0.3, 0.4) is 0 Å². The van der Waals surface area contributed by atoms with E-state index in [1.54, 1.807) is 29.9 Å². The molecule has 1 unspecified atom stereocenters. The number of benzene rings is 1. The molecule has 3 heterocycles. The Hall–Kier alpha value is -2.23. The molecule has 1 aromatic carbocycles. The minimum Gasteiger partial charge on any atom is -0.362 e. The Kier molecular flexibility index (Phi) is 5.47. The van der Waals surface area contributed by atoms with Crippen LogP contribution in [0.1, 0.15) is 17.7 Å². The zero-order valence-corrected chi connectivity index (χ0v) is 17.5. The van der Waals surface area contributed by atoms with Crippen LogP contribution in [0, 0.1) is 0 Å². The van der Waals surface area contributed by atoms with Crippen molar-refractivity contribution in [3.05, 3.63) is 54.1 Å². The summed E-state index contributed by atoms with van der Waals surface area (Å²) in [5, 5.41) is 4.17. The second kappa shape index (κ2) is 8.02. The highest BCUT2D eigenvalue weighted by Crippen LogP contribution is 2.48. The second-order valence-electron chi connectivity index (χ2n) is 6.87. The van der Waals surface area contributed by atoms with E-state index in [0.29, 0.717) is 0 Å². The van der Waals surface area contributed by atoms with E-state index in [1.165, 1.54) is 5.56 Å². The molecule has 0 saturated carbocycles. The molecule has 1 aliphatic rings. The fraction of sp³-hybridized carbons (Fsp3) is 0.316. The first-order chi connectivity index (χ1) is 13.5. The number of H-pyrrole nitrogens is 1. The molecule has 4 rings (SSSR count). The SMILES string of the molecule is CN(C)c1nc(SCc2ccccc2)nc2c1SC(N)(CCc1cnc[nH]1)N2. The number of fused-ring (bicyclic) bond motifs is 1. The number of hydrogen-bond acceptors (Lipinski definition) is 8. The summed E-state index contributed by atoms with van der Waals surface area (Å²) in [7, 11) is 3.99. The number of nitrogens with two attached hydrogens (primary N) is 1. The number of rotatable bonds is 7. The third-order valence-electron chi connectivity index (χ3n) is 4.40. The van der Waals surface area contributed by atoms with E-state index in [2.05, 4.69) is 27.4 Å². The predicted molar refractivity (Wildman–Crippen MR) is 116 cm³/mol. The molecule has 4 N–H and O–H groups in total. The molecule has 28 heavy (non-hydrogen) atoms. The fourth-order valence-corrected chi connectivity index (χ4v) is 4.97. The number of hydrogen-bond donors (Lipinski definition) is 3. The van der Waals surface area contributed by atoms with Gasteiger partial charge < -0.3 is 15.2 Å². The van der Waals surface area contributed by atoms with Gasteiger partial charge in [-0.1, -0.05) is 53.9 Å². The van der Waals surface area contributed by atoms with Crippen LogP contribution in [-0.2, 0) is 12.2 Å². The van der Waals surface area contributed by atoms with Crippen molar-refractivity contribution in [3.63, 3.8) is 0 Å². The predicted octanol–water partition coefficient (Wildman–Crippen LogP) is 3.32. The molecular formula is C19H23N7S2. The van der Waals surface area contributed by atoms with Crippen LogP contribution in [0.5, 0.6) is 0 Å². The van der Waals surface area contributed by atoms with E-state index in [9.17, 15) is 0 Å². The van der Waals surface area contributed by atoms with E-state index in [0.717, 1.165) is 46.0 Å². The second-order valence-corrected chi connectivity index (χ2v) is 9.15. The molecule has 0 spiro atoms. The Labute approximate surface area is 172 Å². The lowest BCUT2D eigenvalue weighted by Gasteiger charge is -2.23. The monoisotopic (exact) mass is 413 g/mol. The van der Waals surface area contributed by atoms with E-state index in [-0.39, 0.29) is 0 Å². The molecule has 1 atom stereocenters. The van der Waals surface area contributed by atoms with Gasteiger partial charge in [0.05, 0.1) is 11.2 Å². The lowest BCUT2D eigenvalue weighted by Crippen LogP contribution is -2.42. The maximum atomic E-state index is 6.63. The molecule has 2 aromatic heterocycles. The van der Waals surface area contributed by atoms with Crippen LogP contribution in [0.2, 0.25) is 0 Å². The van der Waals surface area contributed by atoms with Crippen molar-refractivity contribution in [2.45, 2.75) is 33.6 Å². The van der Waals surface area contributed by atoms with Gasteiger partial charge in [-0.3, -0.25) is 5.73 Å². The third-order valence-corrected chi connectivity index (χ3v) is 6.57. The third kappa shape index (κ3) is 4.26. The molecule has 1 aliphatic heterocycles. The first kappa shape index (κ1) is 19.1. The number of aromatic nitrogens is 4. The first-order valence-corrected chi connectivity index (χ1v) is 10.8. The number of thioether (sulfide) groups is 2. The van der Waals surface area contributed by atoms with E-state index >= 15 is 0 Å². The van der Waals surface area contributed by atoms with Gasteiger partial charge in [-0.15, -0.1) is 0 Å². The molecule has 9 heteroatoms. The Morgan fingerprint density at radius 1 is 1.21 bits per heavy atom. The summed E-state index contributed by atoms with van der Waals surface area (Å²) in [6.45, 7) is 0. The zero-order chi connectivity index (χ0) is 19.6. The highest BCUT2D eigenvalue weighted by molar-refractivity contribution is 8.01. The normalized spacial score (nSPS) is 18.0. The van der Waals surface area contributed by atoms with Crippen molar-refractivity contribution in [1.29, 1.82) is 0 Å². The van der Waals surface area contributed by atoms with Gasteiger partial charge in [0.1, 0.15) is 16.6 Å². The maximum Gasteiger partial charge on any atom is 0.191 e. The zero-order valence-electron chi connectivity index (χ0n) is 15.8. The van der Waals surface area contributed by atoms with Crippen LogP contribution in [0.25, 0.3) is 0 Å². The number of aryl methyl sites for hydroxylation is 1. The molecule has 146 valence electrons. The number of imidazole rings is 1. The maximum absolute atomic E-state index is 6.63. The Balaban J connectivity index is 1.52. The van der Waals surface area contributed by atoms with Crippen molar-refractivity contribution in [1.82, 2.24) is 19.9 Å². The summed E-state index contributed by atoms with van der Waals surface area (Å²) in [5.41, 5.74) is 8.95. The van der Waals surface area contributed by atoms with E-state index in [4.69, 9.17) is 15.7 Å². The Morgan fingerprint density at radius 3 is 2.75 bits per heavy atom. The van der Waals surface area contributed by atoms with Gasteiger partial charge in [-0.2, -0.15) is 0 Å². The van der Waals surface area contributed by atoms with E-state index < -0.39 is 4.99 Å². The summed E-state index contributed by atoms with van der Waals surface area (Å²) in [5.74, 6) is 2.53. The average Bonchev–Trinajstić information content (AvgIpc) is 3.32. The molecule has 0 saturated heterocycles. The summed E-state index contributed by atoms with van der Waals surface area (Å²) < 4.78 is 0. The molecule has 0 bridgehead atoms. The molecule has 0 aliphatic carbocycles. The minimum absolute atomic E-state index is 0.615. The Bertz CT molecular complexity index is 931. The van der Waals surface area contributed by atoms with Crippen LogP contribution in [0.4, 0.5) is 11.6 Å². The van der Waals surface area contributed by atoms with Crippen molar-refractivity contribution in [2.24, 2.45) is 5.73 Å². The van der Waals surface area contributed by atoms with Gasteiger partial charge >= 0.3 is 0 Å². The number of nitrogens with one attached hydrogen (secondary N) is 2. The van der Waals surface area contributed by atoms with Crippen LogP contribution < -0.4 is 16.0 Å². The van der Waals surface area contributed by atoms with Gasteiger partial charge in [-0.25, -0.2) is 15.0 Å². The highest BCUT2D eigenvalue weighted by atomic mass is 32.2. The number of nitrogens with zero attached hydrogens (tertiary/aromatic N) is 4. The first-order valence-electron chi connectivity index (χ1n) is 9.02. The molecular weight excluding hydrogens is 390 g/mol. The van der Waals surface area contributed by atoms with Crippen LogP contribution >= 0.6 is 23.5 Å². The average molecular weight is 414 g/mol. The van der Waals surface area contributed by atoms with Crippen molar-refractivity contribution < 1.29 is 0 Å². The summed E-state index contributed by atoms with van der Waals surface area (Å²) in [6, 6.07) is 10.3. The van der Waals surface area contributed by atoms with Crippen LogP contribution in [-0.4, -0.2) is 39.0 Å². The molecule has 3 aromatic rings. The quantitative estimate of drug-likeness (QED) is 0.401. The summed E-state index contributed by atoms with van der Waals surface area (Å²) in [4.78, 5) is 19.1. The standard InChI is InChI=1S/C19H23N7S2/c1-26(2)17-15-16(23-18(24-17)27-11-13-6-4-3-5-7-13)25-19(20,28-15)9-8-14-10-21-12-22-14/h3-7,10,12H,8-9,11,20H2,1-2H3,(H,21,22)(H,23,24,25). The number of anilines is 2. The largest absolute Gasteiger partial charge is 0.362 e. The summed E-state index contributed by atoms with van der Waals surface area (Å²) >= 11 is 3.23. The summed E-state index contributed by atoms with van der Waals surface area (Å²) in [6.07, 6.45) is 5.08. The van der Waals surface area contributed by atoms with Crippen molar-refractivity contribution in [2.75, 3.05) is 24.3 Å². The molecule has 0 amide bonds. The van der Waals surface area contributed by atoms with Gasteiger partial charge in [0.25, 0.3) is 0 Å². The van der Waals surface area contributed by atoms with E-state index in [1.807, 2.05) is 43.4 Å². The topological polar surface area (TPSA) is 95.8 Å². The number of aromatic amines is 1. The molecule has 7 nitrogen and oxygen atoms in total. The van der Waals surface area contributed by atoms with Crippen LogP contribution in [0.15, 0.2) is 52.9 Å². The van der Waals surface area contributed by atoms with Crippen molar-refractivity contribution >= 4 is 35.2 Å². The minimum atomic E-state index is -0.615. The van der Waals surface area contributed by atoms with Gasteiger partial charge in [0.15, 0.2) is 5.16 Å². The van der Waals surface area contributed by atoms with Gasteiger partial charge in [-0.05, 0) is 18.4 Å². The van der Waals surface area contributed by atoms with Crippen molar-refractivity contribution in [3.8, 4) is 0 Å². The lowest BCUT2D eigenvalue weighted by atomic mass is 10.2. The molecule has 0 radical (unpaired) electrons. The lowest BCUT2D eigenvalue weighted by molar-refractivity contribution is 0.625. The smallest absolute Gasteiger partial charge is 0.191 e. The molecule has 0 fully saturated rings. The van der Waals surface area contributed by atoms with Gasteiger partial charge in [0.2, 0.25) is 0 Å². The van der Waals surface area contributed by atoms with Gasteiger partial charge in [0, 0.05) is 31.7 Å².